The SMILES string of the molecule is I.NC(=NCCc1ccccc1)NC1CC2OCCCC12. The third-order valence-corrected chi connectivity index (χ3v) is 4.35. The number of fused-ring (bicyclic) bond motifs is 1. The van der Waals surface area contributed by atoms with Gasteiger partial charge in [0.25, 0.3) is 0 Å². The average Bonchev–Trinajstić information content (AvgIpc) is 2.46. The lowest BCUT2D eigenvalue weighted by atomic mass is 9.72. The van der Waals surface area contributed by atoms with Crippen molar-refractivity contribution in [1.82, 2.24) is 5.32 Å². The van der Waals surface area contributed by atoms with Gasteiger partial charge < -0.3 is 15.8 Å². The Morgan fingerprint density at radius 1 is 1.33 bits per heavy atom. The van der Waals surface area contributed by atoms with E-state index in [1.165, 1.54) is 18.4 Å². The standard InChI is InChI=1S/C16H23N3O.HI/c17-16(18-9-8-12-5-2-1-3-6-12)19-14-11-15-13(14)7-4-10-20-15;/h1-3,5-6,13-15H,4,7-11H2,(H3,17,18,19);1H. The van der Waals surface area contributed by atoms with Crippen LogP contribution in [0.5, 0.6) is 0 Å². The number of ether oxygens (including phenoxy) is 1. The summed E-state index contributed by atoms with van der Waals surface area (Å²) in [7, 11) is 0. The van der Waals surface area contributed by atoms with Gasteiger partial charge in [0.2, 0.25) is 0 Å². The molecule has 3 atom stereocenters. The molecule has 1 aliphatic heterocycles. The number of halogens is 1. The molecule has 1 aromatic carbocycles. The van der Waals surface area contributed by atoms with Crippen molar-refractivity contribution < 1.29 is 4.74 Å². The number of nitrogens with one attached hydrogen (secondary N) is 1. The maximum absolute atomic E-state index is 5.97. The fourth-order valence-electron chi connectivity index (χ4n) is 3.15. The summed E-state index contributed by atoms with van der Waals surface area (Å²) < 4.78 is 5.71. The summed E-state index contributed by atoms with van der Waals surface area (Å²) in [5.74, 6) is 1.21. The number of hydrogen-bond acceptors (Lipinski definition) is 2. The van der Waals surface area contributed by atoms with Gasteiger partial charge >= 0.3 is 0 Å². The van der Waals surface area contributed by atoms with E-state index in [1.54, 1.807) is 0 Å². The number of rotatable bonds is 4. The van der Waals surface area contributed by atoms with Crippen LogP contribution in [0.2, 0.25) is 0 Å². The van der Waals surface area contributed by atoms with E-state index in [1.807, 2.05) is 6.07 Å². The van der Waals surface area contributed by atoms with Crippen LogP contribution in [0.15, 0.2) is 35.3 Å². The lowest BCUT2D eigenvalue weighted by molar-refractivity contribution is -0.0989. The van der Waals surface area contributed by atoms with Crippen LogP contribution in [-0.4, -0.2) is 31.3 Å². The van der Waals surface area contributed by atoms with E-state index < -0.39 is 0 Å². The minimum atomic E-state index is 0. The van der Waals surface area contributed by atoms with E-state index in [9.17, 15) is 0 Å². The Labute approximate surface area is 143 Å². The summed E-state index contributed by atoms with van der Waals surface area (Å²) in [5, 5.41) is 3.35. The average molecular weight is 401 g/mol. The van der Waals surface area contributed by atoms with Gasteiger partial charge in [-0.3, -0.25) is 4.99 Å². The lowest BCUT2D eigenvalue weighted by Crippen LogP contribution is -2.59. The molecule has 4 nitrogen and oxygen atoms in total. The second-order valence-electron chi connectivity index (χ2n) is 5.70. The molecule has 1 saturated heterocycles. The van der Waals surface area contributed by atoms with Crippen LogP contribution in [0.25, 0.3) is 0 Å². The van der Waals surface area contributed by atoms with Crippen LogP contribution < -0.4 is 11.1 Å². The zero-order chi connectivity index (χ0) is 13.8. The highest BCUT2D eigenvalue weighted by Crippen LogP contribution is 2.37. The van der Waals surface area contributed by atoms with Gasteiger partial charge in [-0.15, -0.1) is 24.0 Å². The monoisotopic (exact) mass is 401 g/mol. The Balaban J connectivity index is 0.00000161. The van der Waals surface area contributed by atoms with Gasteiger partial charge in [0.1, 0.15) is 0 Å². The summed E-state index contributed by atoms with van der Waals surface area (Å²) in [6.45, 7) is 1.66. The molecule has 2 aliphatic rings. The minimum Gasteiger partial charge on any atom is -0.378 e. The zero-order valence-electron chi connectivity index (χ0n) is 12.2. The molecule has 1 saturated carbocycles. The van der Waals surface area contributed by atoms with Crippen LogP contribution in [-0.2, 0) is 11.2 Å². The fourth-order valence-corrected chi connectivity index (χ4v) is 3.15. The summed E-state index contributed by atoms with van der Waals surface area (Å²) in [6.07, 6.45) is 4.88. The second-order valence-corrected chi connectivity index (χ2v) is 5.70. The summed E-state index contributed by atoms with van der Waals surface area (Å²) >= 11 is 0. The first-order chi connectivity index (χ1) is 9.83. The highest BCUT2D eigenvalue weighted by Gasteiger charge is 2.43. The summed E-state index contributed by atoms with van der Waals surface area (Å²) in [4.78, 5) is 4.42. The highest BCUT2D eigenvalue weighted by atomic mass is 127. The second kappa shape index (κ2) is 7.98. The van der Waals surface area contributed by atoms with Crippen molar-refractivity contribution >= 4 is 29.9 Å². The normalized spacial score (nSPS) is 28.0. The van der Waals surface area contributed by atoms with Crippen molar-refractivity contribution in [3.63, 3.8) is 0 Å². The molecule has 3 N–H and O–H groups in total. The number of nitrogens with two attached hydrogens (primary N) is 1. The molecule has 1 aliphatic carbocycles. The smallest absolute Gasteiger partial charge is 0.188 e. The van der Waals surface area contributed by atoms with Gasteiger partial charge in [0.15, 0.2) is 5.96 Å². The van der Waals surface area contributed by atoms with Crippen molar-refractivity contribution in [2.45, 2.75) is 37.8 Å². The highest BCUT2D eigenvalue weighted by molar-refractivity contribution is 14.0. The van der Waals surface area contributed by atoms with Crippen LogP contribution in [0.3, 0.4) is 0 Å². The van der Waals surface area contributed by atoms with Crippen molar-refractivity contribution in [3.05, 3.63) is 35.9 Å². The number of guanidine groups is 1. The molecule has 0 spiro atoms. The molecule has 0 bridgehead atoms. The number of hydrogen-bond donors (Lipinski definition) is 2. The van der Waals surface area contributed by atoms with E-state index in [0.29, 0.717) is 24.0 Å². The first-order valence-electron chi connectivity index (χ1n) is 7.55. The number of nitrogens with zero attached hydrogens (tertiary/aromatic N) is 1. The van der Waals surface area contributed by atoms with Gasteiger partial charge in [0, 0.05) is 25.1 Å². The largest absolute Gasteiger partial charge is 0.378 e. The predicted molar refractivity (Wildman–Crippen MR) is 96.1 cm³/mol. The van der Waals surface area contributed by atoms with Crippen LogP contribution >= 0.6 is 24.0 Å². The van der Waals surface area contributed by atoms with Gasteiger partial charge in [-0.25, -0.2) is 0 Å². The lowest BCUT2D eigenvalue weighted by Gasteiger charge is -2.47. The van der Waals surface area contributed by atoms with Gasteiger partial charge in [-0.1, -0.05) is 30.3 Å². The van der Waals surface area contributed by atoms with Crippen molar-refractivity contribution in [2.75, 3.05) is 13.2 Å². The van der Waals surface area contributed by atoms with Crippen LogP contribution in [0, 0.1) is 5.92 Å². The molecule has 3 unspecified atom stereocenters. The molecule has 0 aromatic heterocycles. The molecule has 1 aromatic rings. The Hall–Kier alpha value is -0.820. The quantitative estimate of drug-likeness (QED) is 0.463. The van der Waals surface area contributed by atoms with Gasteiger partial charge in [0.05, 0.1) is 6.10 Å². The van der Waals surface area contributed by atoms with Crippen molar-refractivity contribution in [1.29, 1.82) is 0 Å². The molecular formula is C16H24IN3O. The van der Waals surface area contributed by atoms with Crippen molar-refractivity contribution in [2.24, 2.45) is 16.6 Å². The molecule has 0 amide bonds. The number of benzene rings is 1. The predicted octanol–water partition coefficient (Wildman–Crippen LogP) is 2.32. The van der Waals surface area contributed by atoms with Crippen LogP contribution in [0.4, 0.5) is 0 Å². The molecule has 116 valence electrons. The maximum Gasteiger partial charge on any atom is 0.188 e. The molecule has 3 rings (SSSR count). The molecule has 0 radical (unpaired) electrons. The minimum absolute atomic E-state index is 0. The Bertz CT molecular complexity index is 466. The topological polar surface area (TPSA) is 59.6 Å². The third-order valence-electron chi connectivity index (χ3n) is 4.35. The maximum atomic E-state index is 5.97. The van der Waals surface area contributed by atoms with E-state index in [4.69, 9.17) is 10.5 Å². The van der Waals surface area contributed by atoms with Gasteiger partial charge in [-0.05, 0) is 31.2 Å². The molecule has 2 fully saturated rings. The van der Waals surface area contributed by atoms with Crippen LogP contribution in [0.1, 0.15) is 24.8 Å². The summed E-state index contributed by atoms with van der Waals surface area (Å²) in [6, 6.07) is 10.8. The first-order valence-corrected chi connectivity index (χ1v) is 7.55. The fraction of sp³-hybridized carbons (Fsp3) is 0.562. The van der Waals surface area contributed by atoms with E-state index in [2.05, 4.69) is 34.6 Å². The Kier molecular flexibility index (Phi) is 6.29. The van der Waals surface area contributed by atoms with E-state index >= 15 is 0 Å². The number of aliphatic imine (C=N–C) groups is 1. The molecule has 5 heteroatoms. The van der Waals surface area contributed by atoms with Crippen molar-refractivity contribution in [3.8, 4) is 0 Å². The first kappa shape index (κ1) is 16.5. The Morgan fingerprint density at radius 3 is 2.90 bits per heavy atom. The molecular weight excluding hydrogens is 377 g/mol. The Morgan fingerprint density at radius 2 is 2.14 bits per heavy atom. The third kappa shape index (κ3) is 4.32. The van der Waals surface area contributed by atoms with E-state index in [-0.39, 0.29) is 24.0 Å². The molecule has 1 heterocycles. The molecule has 21 heavy (non-hydrogen) atoms. The van der Waals surface area contributed by atoms with Gasteiger partial charge in [-0.2, -0.15) is 0 Å². The zero-order valence-corrected chi connectivity index (χ0v) is 14.5. The summed E-state index contributed by atoms with van der Waals surface area (Å²) in [5.41, 5.74) is 7.27. The van der Waals surface area contributed by atoms with E-state index in [0.717, 1.165) is 26.0 Å².